The third kappa shape index (κ3) is 1.47. The number of hydrogen-bond acceptors (Lipinski definition) is 1. The molecule has 2 saturated carbocycles. The maximum atomic E-state index is 13.2. The first-order chi connectivity index (χ1) is 7.62. The molecule has 0 heterocycles. The van der Waals surface area contributed by atoms with E-state index in [0.29, 0.717) is 5.41 Å². The average Bonchev–Trinajstić information content (AvgIpc) is 2.66. The lowest BCUT2D eigenvalue weighted by molar-refractivity contribution is 0.0310. The molecule has 1 spiro atoms. The Morgan fingerprint density at radius 1 is 1.12 bits per heavy atom. The van der Waals surface area contributed by atoms with E-state index in [1.54, 1.807) is 12.1 Å². The molecule has 0 unspecified atom stereocenters. The van der Waals surface area contributed by atoms with Gasteiger partial charge >= 0.3 is 0 Å². The second-order valence-corrected chi connectivity index (χ2v) is 5.73. The van der Waals surface area contributed by atoms with Gasteiger partial charge in [-0.05, 0) is 48.8 Å². The zero-order chi connectivity index (χ0) is 11.2. The molecule has 1 nitrogen and oxygen atoms in total. The molecular formula is C14H18FN. The predicted molar refractivity (Wildman–Crippen MR) is 62.4 cm³/mol. The molecule has 0 saturated heterocycles. The lowest BCUT2D eigenvalue weighted by Gasteiger charge is -2.53. The number of rotatable bonds is 1. The Kier molecular flexibility index (Phi) is 2.12. The molecular weight excluding hydrogens is 201 g/mol. The standard InChI is InChI=1S/C14H18FN/c15-12-5-3-4-11(8-12)14(16)9-13(10-14)6-1-2-7-13/h3-5,8H,1-2,6-7,9-10,16H2. The quantitative estimate of drug-likeness (QED) is 0.770. The van der Waals surface area contributed by atoms with Crippen molar-refractivity contribution in [1.82, 2.24) is 0 Å². The monoisotopic (exact) mass is 219 g/mol. The molecule has 0 radical (unpaired) electrons. The highest BCUT2D eigenvalue weighted by atomic mass is 19.1. The fraction of sp³-hybridized carbons (Fsp3) is 0.571. The summed E-state index contributed by atoms with van der Waals surface area (Å²) in [7, 11) is 0. The molecule has 0 atom stereocenters. The first-order valence-corrected chi connectivity index (χ1v) is 6.17. The summed E-state index contributed by atoms with van der Waals surface area (Å²) in [5.74, 6) is -0.172. The molecule has 0 aliphatic heterocycles. The summed E-state index contributed by atoms with van der Waals surface area (Å²) in [5.41, 5.74) is 7.60. The first kappa shape index (κ1) is 10.3. The van der Waals surface area contributed by atoms with Crippen LogP contribution in [-0.2, 0) is 5.54 Å². The second-order valence-electron chi connectivity index (χ2n) is 5.73. The molecule has 0 bridgehead atoms. The molecule has 0 amide bonds. The van der Waals surface area contributed by atoms with E-state index in [9.17, 15) is 4.39 Å². The van der Waals surface area contributed by atoms with Crippen LogP contribution in [0.3, 0.4) is 0 Å². The van der Waals surface area contributed by atoms with Gasteiger partial charge < -0.3 is 5.73 Å². The van der Waals surface area contributed by atoms with Crippen LogP contribution in [0.2, 0.25) is 0 Å². The van der Waals surface area contributed by atoms with E-state index in [1.807, 2.05) is 6.07 Å². The van der Waals surface area contributed by atoms with Crippen LogP contribution < -0.4 is 5.73 Å². The van der Waals surface area contributed by atoms with Crippen molar-refractivity contribution in [3.63, 3.8) is 0 Å². The number of nitrogens with two attached hydrogens (primary N) is 1. The molecule has 1 aromatic carbocycles. The maximum absolute atomic E-state index is 13.2. The maximum Gasteiger partial charge on any atom is 0.123 e. The van der Waals surface area contributed by atoms with Crippen LogP contribution in [0.5, 0.6) is 0 Å². The van der Waals surface area contributed by atoms with Crippen molar-refractivity contribution in [2.45, 2.75) is 44.1 Å². The van der Waals surface area contributed by atoms with Gasteiger partial charge in [-0.1, -0.05) is 25.0 Å². The van der Waals surface area contributed by atoms with Crippen molar-refractivity contribution in [3.8, 4) is 0 Å². The number of hydrogen-bond donors (Lipinski definition) is 1. The zero-order valence-corrected chi connectivity index (χ0v) is 9.51. The van der Waals surface area contributed by atoms with Crippen molar-refractivity contribution in [2.75, 3.05) is 0 Å². The second kappa shape index (κ2) is 3.30. The largest absolute Gasteiger partial charge is 0.321 e. The SMILES string of the molecule is NC1(c2cccc(F)c2)CC2(CCCC2)C1. The van der Waals surface area contributed by atoms with Crippen LogP contribution in [0.25, 0.3) is 0 Å². The van der Waals surface area contributed by atoms with Crippen LogP contribution in [0.15, 0.2) is 24.3 Å². The minimum absolute atomic E-state index is 0.172. The average molecular weight is 219 g/mol. The fourth-order valence-electron chi connectivity index (χ4n) is 3.77. The summed E-state index contributed by atoms with van der Waals surface area (Å²) in [6.45, 7) is 0. The summed E-state index contributed by atoms with van der Waals surface area (Å²) in [6, 6.07) is 6.81. The van der Waals surface area contributed by atoms with E-state index >= 15 is 0 Å². The Morgan fingerprint density at radius 2 is 1.81 bits per heavy atom. The highest BCUT2D eigenvalue weighted by Gasteiger charge is 2.53. The molecule has 2 aliphatic rings. The molecule has 86 valence electrons. The van der Waals surface area contributed by atoms with Gasteiger partial charge in [0, 0.05) is 5.54 Å². The normalized spacial score (nSPS) is 25.6. The number of benzene rings is 1. The molecule has 2 heteroatoms. The summed E-state index contributed by atoms with van der Waals surface area (Å²) in [4.78, 5) is 0. The Bertz CT molecular complexity index is 399. The van der Waals surface area contributed by atoms with Gasteiger partial charge in [0.2, 0.25) is 0 Å². The van der Waals surface area contributed by atoms with Crippen LogP contribution in [0.4, 0.5) is 4.39 Å². The predicted octanol–water partition coefficient (Wildman–Crippen LogP) is 3.33. The molecule has 2 fully saturated rings. The van der Waals surface area contributed by atoms with Crippen LogP contribution >= 0.6 is 0 Å². The third-order valence-electron chi connectivity index (χ3n) is 4.44. The molecule has 1 aromatic rings. The summed E-state index contributed by atoms with van der Waals surface area (Å²) < 4.78 is 13.2. The lowest BCUT2D eigenvalue weighted by Crippen LogP contribution is -2.54. The lowest BCUT2D eigenvalue weighted by atomic mass is 9.55. The first-order valence-electron chi connectivity index (χ1n) is 6.17. The molecule has 16 heavy (non-hydrogen) atoms. The topological polar surface area (TPSA) is 26.0 Å². The summed E-state index contributed by atoms with van der Waals surface area (Å²) in [6.07, 6.45) is 7.42. The van der Waals surface area contributed by atoms with Crippen molar-refractivity contribution in [1.29, 1.82) is 0 Å². The van der Waals surface area contributed by atoms with Gasteiger partial charge in [-0.2, -0.15) is 0 Å². The van der Waals surface area contributed by atoms with E-state index in [2.05, 4.69) is 0 Å². The molecule has 3 rings (SSSR count). The zero-order valence-electron chi connectivity index (χ0n) is 9.51. The van der Waals surface area contributed by atoms with Gasteiger partial charge in [-0.25, -0.2) is 4.39 Å². The van der Waals surface area contributed by atoms with Crippen molar-refractivity contribution in [2.24, 2.45) is 11.1 Å². The minimum Gasteiger partial charge on any atom is -0.321 e. The fourth-order valence-corrected chi connectivity index (χ4v) is 3.77. The molecule has 2 N–H and O–H groups in total. The minimum atomic E-state index is -0.258. The van der Waals surface area contributed by atoms with Crippen LogP contribution in [0, 0.1) is 11.2 Å². The molecule has 0 aromatic heterocycles. The van der Waals surface area contributed by atoms with Crippen molar-refractivity contribution >= 4 is 0 Å². The Balaban J connectivity index is 1.81. The Morgan fingerprint density at radius 3 is 2.44 bits per heavy atom. The Labute approximate surface area is 95.8 Å². The van der Waals surface area contributed by atoms with E-state index < -0.39 is 0 Å². The summed E-state index contributed by atoms with van der Waals surface area (Å²) >= 11 is 0. The van der Waals surface area contributed by atoms with Crippen molar-refractivity contribution < 1.29 is 4.39 Å². The van der Waals surface area contributed by atoms with E-state index in [1.165, 1.54) is 31.7 Å². The van der Waals surface area contributed by atoms with Crippen LogP contribution in [-0.4, -0.2) is 0 Å². The van der Waals surface area contributed by atoms with E-state index in [4.69, 9.17) is 5.73 Å². The smallest absolute Gasteiger partial charge is 0.123 e. The highest BCUT2D eigenvalue weighted by molar-refractivity contribution is 5.30. The highest BCUT2D eigenvalue weighted by Crippen LogP contribution is 2.60. The van der Waals surface area contributed by atoms with Crippen molar-refractivity contribution in [3.05, 3.63) is 35.6 Å². The molecule has 2 aliphatic carbocycles. The van der Waals surface area contributed by atoms with Crippen LogP contribution in [0.1, 0.15) is 44.1 Å². The van der Waals surface area contributed by atoms with Gasteiger partial charge in [0.1, 0.15) is 5.82 Å². The van der Waals surface area contributed by atoms with E-state index in [0.717, 1.165) is 18.4 Å². The third-order valence-corrected chi connectivity index (χ3v) is 4.44. The van der Waals surface area contributed by atoms with Gasteiger partial charge in [-0.15, -0.1) is 0 Å². The van der Waals surface area contributed by atoms with E-state index in [-0.39, 0.29) is 11.4 Å². The number of halogens is 1. The van der Waals surface area contributed by atoms with Gasteiger partial charge in [0.05, 0.1) is 0 Å². The van der Waals surface area contributed by atoms with Gasteiger partial charge in [0.25, 0.3) is 0 Å². The van der Waals surface area contributed by atoms with Gasteiger partial charge in [-0.3, -0.25) is 0 Å². The summed E-state index contributed by atoms with van der Waals surface area (Å²) in [5, 5.41) is 0. The van der Waals surface area contributed by atoms with Gasteiger partial charge in [0.15, 0.2) is 0 Å². The Hall–Kier alpha value is -0.890.